The predicted octanol–water partition coefficient (Wildman–Crippen LogP) is 0.780. The number of sulfonamides is 1. The molecule has 0 bridgehead atoms. The van der Waals surface area contributed by atoms with Gasteiger partial charge in [0.15, 0.2) is 0 Å². The summed E-state index contributed by atoms with van der Waals surface area (Å²) in [5, 5.41) is 1.30. The molecule has 3 N–H and O–H groups in total. The lowest BCUT2D eigenvalue weighted by atomic mass is 10.1. The molecule has 17 heavy (non-hydrogen) atoms. The number of halogens is 1. The Hall–Kier alpha value is -1.18. The van der Waals surface area contributed by atoms with Crippen molar-refractivity contribution in [2.75, 3.05) is 19.8 Å². The van der Waals surface area contributed by atoms with Gasteiger partial charge < -0.3 is 5.73 Å². The molecular weight excluding hydrogens is 245 g/mol. The van der Waals surface area contributed by atoms with Crippen LogP contribution in [0.1, 0.15) is 11.1 Å². The highest BCUT2D eigenvalue weighted by Crippen LogP contribution is 2.27. The van der Waals surface area contributed by atoms with Crippen molar-refractivity contribution in [2.45, 2.75) is 18.7 Å². The van der Waals surface area contributed by atoms with Crippen molar-refractivity contribution < 1.29 is 12.8 Å². The summed E-state index contributed by atoms with van der Waals surface area (Å²) in [6.45, 7) is 3.01. The summed E-state index contributed by atoms with van der Waals surface area (Å²) in [6, 6.07) is 1.12. The van der Waals surface area contributed by atoms with E-state index in [-0.39, 0.29) is 16.1 Å². The first-order valence-electron chi connectivity index (χ1n) is 4.91. The number of hydrogen-bond donors (Lipinski definition) is 2. The van der Waals surface area contributed by atoms with Crippen LogP contribution in [0.5, 0.6) is 0 Å². The average molecular weight is 261 g/mol. The van der Waals surface area contributed by atoms with Crippen LogP contribution in [0, 0.1) is 19.7 Å². The molecule has 0 unspecified atom stereocenters. The lowest BCUT2D eigenvalue weighted by molar-refractivity contribution is 0.363. The van der Waals surface area contributed by atoms with E-state index in [2.05, 4.69) is 4.83 Å². The lowest BCUT2D eigenvalue weighted by Gasteiger charge is -2.17. The standard InChI is InChI=1S/C10H16FN3O2S/c1-6-5-8(11)9(12)7(2)10(6)17(15,16)13-14(3)4/h5,13H,12H2,1-4H3. The van der Waals surface area contributed by atoms with E-state index in [1.54, 1.807) is 14.1 Å². The highest BCUT2D eigenvalue weighted by atomic mass is 32.2. The van der Waals surface area contributed by atoms with Gasteiger partial charge in [0.2, 0.25) is 0 Å². The van der Waals surface area contributed by atoms with Crippen molar-refractivity contribution in [3.8, 4) is 0 Å². The minimum absolute atomic E-state index is 0.0186. The van der Waals surface area contributed by atoms with Gasteiger partial charge in [0.25, 0.3) is 10.0 Å². The molecule has 0 saturated carbocycles. The summed E-state index contributed by atoms with van der Waals surface area (Å²) in [7, 11) is -0.629. The number of nitrogen functional groups attached to an aromatic ring is 1. The zero-order valence-corrected chi connectivity index (χ0v) is 11.0. The Labute approximate surface area is 100 Å². The van der Waals surface area contributed by atoms with Crippen LogP contribution in [-0.4, -0.2) is 27.5 Å². The summed E-state index contributed by atoms with van der Waals surface area (Å²) in [5.74, 6) is -0.608. The van der Waals surface area contributed by atoms with Gasteiger partial charge in [-0.2, -0.15) is 0 Å². The van der Waals surface area contributed by atoms with Gasteiger partial charge in [0, 0.05) is 14.1 Å². The molecule has 0 aliphatic rings. The molecular formula is C10H16FN3O2S. The van der Waals surface area contributed by atoms with E-state index in [0.717, 1.165) is 6.07 Å². The number of nitrogens with one attached hydrogen (secondary N) is 1. The molecule has 1 aromatic rings. The van der Waals surface area contributed by atoms with Gasteiger partial charge in [-0.15, -0.1) is 4.83 Å². The van der Waals surface area contributed by atoms with E-state index in [9.17, 15) is 12.8 Å². The molecule has 0 fully saturated rings. The third-order valence-corrected chi connectivity index (χ3v) is 4.05. The summed E-state index contributed by atoms with van der Waals surface area (Å²) in [6.07, 6.45) is 0. The molecule has 7 heteroatoms. The van der Waals surface area contributed by atoms with Gasteiger partial charge >= 0.3 is 0 Å². The van der Waals surface area contributed by atoms with Gasteiger partial charge in [-0.25, -0.2) is 17.8 Å². The van der Waals surface area contributed by atoms with Crippen molar-refractivity contribution in [3.63, 3.8) is 0 Å². The molecule has 0 amide bonds. The van der Waals surface area contributed by atoms with Crippen molar-refractivity contribution in [1.29, 1.82) is 0 Å². The monoisotopic (exact) mass is 261 g/mol. The number of nitrogens with zero attached hydrogens (tertiary/aromatic N) is 1. The molecule has 0 spiro atoms. The minimum atomic E-state index is -3.73. The number of hydrazine groups is 1. The van der Waals surface area contributed by atoms with Crippen LogP contribution in [0.15, 0.2) is 11.0 Å². The lowest BCUT2D eigenvalue weighted by Crippen LogP contribution is -2.37. The smallest absolute Gasteiger partial charge is 0.254 e. The van der Waals surface area contributed by atoms with E-state index in [0.29, 0.717) is 5.56 Å². The van der Waals surface area contributed by atoms with Crippen LogP contribution in [0.3, 0.4) is 0 Å². The van der Waals surface area contributed by atoms with E-state index < -0.39 is 15.8 Å². The first kappa shape index (κ1) is 13.9. The molecule has 1 rings (SSSR count). The predicted molar refractivity (Wildman–Crippen MR) is 64.3 cm³/mol. The SMILES string of the molecule is Cc1cc(F)c(N)c(C)c1S(=O)(=O)NN(C)C. The normalized spacial score (nSPS) is 12.1. The third-order valence-electron chi connectivity index (χ3n) is 2.27. The van der Waals surface area contributed by atoms with Crippen LogP contribution in [0.4, 0.5) is 10.1 Å². The summed E-state index contributed by atoms with van der Waals surface area (Å²) < 4.78 is 37.4. The fourth-order valence-corrected chi connectivity index (χ4v) is 3.20. The summed E-state index contributed by atoms with van der Waals surface area (Å²) in [4.78, 5) is 2.31. The van der Waals surface area contributed by atoms with Crippen LogP contribution in [0.2, 0.25) is 0 Å². The molecule has 96 valence electrons. The summed E-state index contributed by atoms with van der Waals surface area (Å²) >= 11 is 0. The number of benzene rings is 1. The molecule has 0 aromatic heterocycles. The van der Waals surface area contributed by atoms with Crippen LogP contribution < -0.4 is 10.6 Å². The van der Waals surface area contributed by atoms with Crippen LogP contribution >= 0.6 is 0 Å². The Morgan fingerprint density at radius 1 is 1.35 bits per heavy atom. The van der Waals surface area contributed by atoms with Crippen molar-refractivity contribution in [1.82, 2.24) is 9.84 Å². The molecule has 1 aromatic carbocycles. The highest BCUT2D eigenvalue weighted by Gasteiger charge is 2.23. The van der Waals surface area contributed by atoms with Crippen molar-refractivity contribution in [3.05, 3.63) is 23.0 Å². The fraction of sp³-hybridized carbons (Fsp3) is 0.400. The largest absolute Gasteiger partial charge is 0.396 e. The van der Waals surface area contributed by atoms with E-state index >= 15 is 0 Å². The first-order valence-corrected chi connectivity index (χ1v) is 6.40. The molecule has 0 aliphatic heterocycles. The van der Waals surface area contributed by atoms with Gasteiger partial charge in [0.1, 0.15) is 5.82 Å². The number of aryl methyl sites for hydroxylation is 1. The average Bonchev–Trinajstić information content (AvgIpc) is 2.11. The van der Waals surface area contributed by atoms with E-state index in [1.807, 2.05) is 0 Å². The molecule has 0 radical (unpaired) electrons. The topological polar surface area (TPSA) is 75.4 Å². The van der Waals surface area contributed by atoms with E-state index in [1.165, 1.54) is 18.9 Å². The second kappa shape index (κ2) is 4.59. The number of nitrogens with two attached hydrogens (primary N) is 1. The maximum absolute atomic E-state index is 13.3. The number of rotatable bonds is 3. The zero-order valence-electron chi connectivity index (χ0n) is 10.2. The van der Waals surface area contributed by atoms with Crippen molar-refractivity contribution in [2.24, 2.45) is 0 Å². The van der Waals surface area contributed by atoms with Gasteiger partial charge in [-0.3, -0.25) is 0 Å². The Kier molecular flexibility index (Phi) is 3.75. The molecule has 0 heterocycles. The molecule has 0 aliphatic carbocycles. The number of hydrogen-bond acceptors (Lipinski definition) is 4. The van der Waals surface area contributed by atoms with Gasteiger partial charge in [0.05, 0.1) is 10.6 Å². The maximum atomic E-state index is 13.3. The Balaban J connectivity index is 3.47. The highest BCUT2D eigenvalue weighted by molar-refractivity contribution is 7.89. The van der Waals surface area contributed by atoms with Crippen molar-refractivity contribution >= 4 is 15.7 Å². The van der Waals surface area contributed by atoms with Gasteiger partial charge in [-0.1, -0.05) is 0 Å². The first-order chi connectivity index (χ1) is 7.66. The molecule has 0 atom stereocenters. The van der Waals surface area contributed by atoms with Gasteiger partial charge in [-0.05, 0) is 31.0 Å². The Bertz CT molecular complexity index is 541. The second-order valence-electron chi connectivity index (χ2n) is 4.03. The van der Waals surface area contributed by atoms with Crippen LogP contribution in [-0.2, 0) is 10.0 Å². The third kappa shape index (κ3) is 2.74. The Morgan fingerprint density at radius 2 is 1.88 bits per heavy atom. The summed E-state index contributed by atoms with van der Waals surface area (Å²) in [5.41, 5.74) is 5.90. The maximum Gasteiger partial charge on any atom is 0.254 e. The number of anilines is 1. The van der Waals surface area contributed by atoms with Crippen LogP contribution in [0.25, 0.3) is 0 Å². The quantitative estimate of drug-likeness (QED) is 0.623. The fourth-order valence-electron chi connectivity index (χ4n) is 1.63. The molecule has 5 nitrogen and oxygen atoms in total. The molecule has 0 saturated heterocycles. The second-order valence-corrected chi connectivity index (χ2v) is 5.63. The Morgan fingerprint density at radius 3 is 2.35 bits per heavy atom. The van der Waals surface area contributed by atoms with E-state index in [4.69, 9.17) is 5.73 Å². The zero-order chi connectivity index (χ0) is 13.4. The minimum Gasteiger partial charge on any atom is -0.396 e.